The minimum Gasteiger partial charge on any atom is -0.396 e. The molecular weight excluding hydrogens is 326 g/mol. The molecule has 0 spiro atoms. The lowest BCUT2D eigenvalue weighted by atomic mass is 10.0. The van der Waals surface area contributed by atoms with Gasteiger partial charge in [-0.15, -0.1) is 12.6 Å². The first kappa shape index (κ1) is 22.6. The van der Waals surface area contributed by atoms with E-state index in [1.807, 2.05) is 6.92 Å². The van der Waals surface area contributed by atoms with Crippen LogP contribution in [0.15, 0.2) is 0 Å². The second-order valence-electron chi connectivity index (χ2n) is 5.49. The molecule has 0 bridgehead atoms. The SMILES string of the molecule is CCCCN(CCCCO)C(=O)C(O)(S)C(O)C(O)C(O)CO. The number of hydrogen-bond acceptors (Lipinski definition) is 8. The highest BCUT2D eigenvalue weighted by Crippen LogP contribution is 2.24. The van der Waals surface area contributed by atoms with Gasteiger partial charge in [0.25, 0.3) is 5.91 Å². The average Bonchev–Trinajstić information content (AvgIpc) is 2.55. The maximum atomic E-state index is 12.4. The minimum atomic E-state index is -2.61. The van der Waals surface area contributed by atoms with Gasteiger partial charge in [-0.25, -0.2) is 0 Å². The topological polar surface area (TPSA) is 142 Å². The standard InChI is InChI=1S/C14H29NO7S/c1-2-3-6-15(7-4-5-8-16)13(21)14(22,23)12(20)11(19)10(18)9-17/h10-12,16-20,22-23H,2-9H2,1H3. The van der Waals surface area contributed by atoms with Crippen molar-refractivity contribution in [3.05, 3.63) is 0 Å². The Morgan fingerprint density at radius 3 is 2.17 bits per heavy atom. The first-order chi connectivity index (χ1) is 10.7. The molecule has 0 aromatic heterocycles. The molecule has 6 N–H and O–H groups in total. The summed E-state index contributed by atoms with van der Waals surface area (Å²) in [4.78, 5) is 11.1. The smallest absolute Gasteiger partial charge is 0.267 e. The van der Waals surface area contributed by atoms with Crippen molar-refractivity contribution >= 4 is 18.5 Å². The monoisotopic (exact) mass is 355 g/mol. The van der Waals surface area contributed by atoms with E-state index in [9.17, 15) is 25.2 Å². The fraction of sp³-hybridized carbons (Fsp3) is 0.929. The molecule has 1 amide bonds. The van der Waals surface area contributed by atoms with E-state index in [4.69, 9.17) is 10.2 Å². The number of unbranched alkanes of at least 4 members (excludes halogenated alkanes) is 2. The maximum absolute atomic E-state index is 12.4. The third-order valence-electron chi connectivity index (χ3n) is 3.54. The van der Waals surface area contributed by atoms with Gasteiger partial charge in [-0.2, -0.15) is 0 Å². The van der Waals surface area contributed by atoms with Crippen molar-refractivity contribution < 1.29 is 35.4 Å². The van der Waals surface area contributed by atoms with Crippen LogP contribution in [-0.4, -0.2) is 91.0 Å². The maximum Gasteiger partial charge on any atom is 0.267 e. The van der Waals surface area contributed by atoms with Crippen LogP contribution in [0, 0.1) is 0 Å². The van der Waals surface area contributed by atoms with Crippen molar-refractivity contribution in [1.29, 1.82) is 0 Å². The zero-order valence-corrected chi connectivity index (χ0v) is 14.3. The fourth-order valence-corrected chi connectivity index (χ4v) is 2.29. The first-order valence-electron chi connectivity index (χ1n) is 7.74. The van der Waals surface area contributed by atoms with Gasteiger partial charge in [0, 0.05) is 19.7 Å². The molecule has 4 atom stereocenters. The molecule has 0 saturated heterocycles. The Kier molecular flexibility index (Phi) is 11.0. The summed E-state index contributed by atoms with van der Waals surface area (Å²) < 4.78 is 0. The number of rotatable bonds is 12. The van der Waals surface area contributed by atoms with Gasteiger partial charge in [0.2, 0.25) is 4.93 Å². The van der Waals surface area contributed by atoms with E-state index >= 15 is 0 Å². The Labute approximate surface area is 141 Å². The first-order valence-corrected chi connectivity index (χ1v) is 8.18. The van der Waals surface area contributed by atoms with Crippen LogP contribution in [0.4, 0.5) is 0 Å². The van der Waals surface area contributed by atoms with E-state index in [0.29, 0.717) is 25.8 Å². The van der Waals surface area contributed by atoms with Gasteiger partial charge in [-0.3, -0.25) is 4.79 Å². The lowest BCUT2D eigenvalue weighted by Crippen LogP contribution is -2.59. The minimum absolute atomic E-state index is 0.0228. The van der Waals surface area contributed by atoms with Gasteiger partial charge < -0.3 is 35.5 Å². The van der Waals surface area contributed by atoms with Crippen LogP contribution in [-0.2, 0) is 4.79 Å². The van der Waals surface area contributed by atoms with E-state index in [1.165, 1.54) is 4.90 Å². The number of aliphatic hydroxyl groups is 6. The summed E-state index contributed by atoms with van der Waals surface area (Å²) in [6.07, 6.45) is -3.26. The summed E-state index contributed by atoms with van der Waals surface area (Å²) >= 11 is 3.77. The van der Waals surface area contributed by atoms with E-state index in [1.54, 1.807) is 0 Å². The molecule has 0 aromatic rings. The van der Waals surface area contributed by atoms with E-state index in [0.717, 1.165) is 6.42 Å². The molecule has 138 valence electrons. The third-order valence-corrected chi connectivity index (χ3v) is 3.99. The number of aliphatic hydroxyl groups excluding tert-OH is 5. The number of amides is 1. The summed E-state index contributed by atoms with van der Waals surface area (Å²) in [5.74, 6) is -0.899. The van der Waals surface area contributed by atoms with Gasteiger partial charge in [-0.1, -0.05) is 13.3 Å². The molecule has 0 fully saturated rings. The molecule has 8 nitrogen and oxygen atoms in total. The quantitative estimate of drug-likeness (QED) is 0.123. The number of thiol groups is 1. The van der Waals surface area contributed by atoms with E-state index in [2.05, 4.69) is 12.6 Å². The van der Waals surface area contributed by atoms with E-state index < -0.39 is 35.8 Å². The highest BCUT2D eigenvalue weighted by molar-refractivity contribution is 7.82. The fourth-order valence-electron chi connectivity index (χ4n) is 1.99. The zero-order valence-electron chi connectivity index (χ0n) is 13.4. The Hall–Kier alpha value is -0.420. The average molecular weight is 355 g/mol. The summed E-state index contributed by atoms with van der Waals surface area (Å²) in [6, 6.07) is 0. The van der Waals surface area contributed by atoms with Gasteiger partial charge in [0.1, 0.15) is 18.3 Å². The predicted molar refractivity (Wildman–Crippen MR) is 86.8 cm³/mol. The van der Waals surface area contributed by atoms with Crippen molar-refractivity contribution in [1.82, 2.24) is 4.90 Å². The molecule has 0 radical (unpaired) electrons. The Balaban J connectivity index is 5.03. The lowest BCUT2D eigenvalue weighted by Gasteiger charge is -2.35. The molecule has 0 aliphatic carbocycles. The normalized spacial score (nSPS) is 18.1. The van der Waals surface area contributed by atoms with Crippen molar-refractivity contribution in [2.75, 3.05) is 26.3 Å². The second kappa shape index (κ2) is 11.2. The Bertz CT molecular complexity index is 343. The molecular formula is C14H29NO7S. The second-order valence-corrected chi connectivity index (χ2v) is 6.17. The molecule has 0 rings (SSSR count). The lowest BCUT2D eigenvalue weighted by molar-refractivity contribution is -0.164. The van der Waals surface area contributed by atoms with Crippen LogP contribution in [0.3, 0.4) is 0 Å². The van der Waals surface area contributed by atoms with Crippen molar-refractivity contribution in [2.24, 2.45) is 0 Å². The van der Waals surface area contributed by atoms with Crippen molar-refractivity contribution in [3.63, 3.8) is 0 Å². The highest BCUT2D eigenvalue weighted by atomic mass is 32.1. The molecule has 0 saturated carbocycles. The summed E-state index contributed by atoms with van der Waals surface area (Å²) in [6.45, 7) is 1.65. The van der Waals surface area contributed by atoms with Crippen LogP contribution in [0.2, 0.25) is 0 Å². The van der Waals surface area contributed by atoms with Crippen LogP contribution >= 0.6 is 12.6 Å². The highest BCUT2D eigenvalue weighted by Gasteiger charge is 2.47. The number of nitrogens with zero attached hydrogens (tertiary/aromatic N) is 1. The molecule has 9 heteroatoms. The van der Waals surface area contributed by atoms with Crippen LogP contribution in [0.25, 0.3) is 0 Å². The largest absolute Gasteiger partial charge is 0.396 e. The number of carbonyl (C=O) groups is 1. The third kappa shape index (κ3) is 6.92. The number of carbonyl (C=O) groups excluding carboxylic acids is 1. The van der Waals surface area contributed by atoms with Gasteiger partial charge in [0.05, 0.1) is 6.61 Å². The van der Waals surface area contributed by atoms with Crippen LogP contribution < -0.4 is 0 Å². The molecule has 0 aromatic carbocycles. The molecule has 0 heterocycles. The summed E-state index contributed by atoms with van der Waals surface area (Å²) in [5.41, 5.74) is 0. The zero-order chi connectivity index (χ0) is 18.0. The molecule has 23 heavy (non-hydrogen) atoms. The van der Waals surface area contributed by atoms with Gasteiger partial charge >= 0.3 is 0 Å². The molecule has 0 aliphatic rings. The van der Waals surface area contributed by atoms with Crippen molar-refractivity contribution in [2.45, 2.75) is 55.9 Å². The van der Waals surface area contributed by atoms with Crippen molar-refractivity contribution in [3.8, 4) is 0 Å². The van der Waals surface area contributed by atoms with Crippen LogP contribution in [0.1, 0.15) is 32.6 Å². The van der Waals surface area contributed by atoms with E-state index in [-0.39, 0.29) is 13.2 Å². The van der Waals surface area contributed by atoms with Gasteiger partial charge in [-0.05, 0) is 19.3 Å². The Morgan fingerprint density at radius 1 is 1.13 bits per heavy atom. The predicted octanol–water partition coefficient (Wildman–Crippen LogP) is -1.92. The molecule has 0 aliphatic heterocycles. The summed E-state index contributed by atoms with van der Waals surface area (Å²) in [5, 5.41) is 56.7. The summed E-state index contributed by atoms with van der Waals surface area (Å²) in [7, 11) is 0. The van der Waals surface area contributed by atoms with Gasteiger partial charge in [0.15, 0.2) is 0 Å². The Morgan fingerprint density at radius 2 is 1.70 bits per heavy atom. The van der Waals surface area contributed by atoms with Crippen LogP contribution in [0.5, 0.6) is 0 Å². The number of hydrogen-bond donors (Lipinski definition) is 7. The molecule has 4 unspecified atom stereocenters.